The summed E-state index contributed by atoms with van der Waals surface area (Å²) in [6, 6.07) is 10.4. The third-order valence-electron chi connectivity index (χ3n) is 5.66. The van der Waals surface area contributed by atoms with E-state index in [1.54, 1.807) is 19.4 Å². The van der Waals surface area contributed by atoms with Gasteiger partial charge in [0.25, 0.3) is 5.91 Å². The van der Waals surface area contributed by atoms with Gasteiger partial charge in [0, 0.05) is 49.4 Å². The molecule has 142 valence electrons. The number of rotatable bonds is 4. The van der Waals surface area contributed by atoms with Gasteiger partial charge in [-0.05, 0) is 30.7 Å². The number of para-hydroxylation sites is 1. The predicted octanol–water partition coefficient (Wildman–Crippen LogP) is 2.56. The summed E-state index contributed by atoms with van der Waals surface area (Å²) < 4.78 is 1.82. The fourth-order valence-electron chi connectivity index (χ4n) is 4.23. The molecule has 0 spiro atoms. The molecule has 2 N–H and O–H groups in total. The average Bonchev–Trinajstić information content (AvgIpc) is 3.46. The van der Waals surface area contributed by atoms with E-state index in [-0.39, 0.29) is 5.91 Å². The smallest absolute Gasteiger partial charge is 0.256 e. The second kappa shape index (κ2) is 6.76. The lowest BCUT2D eigenvalue weighted by Gasteiger charge is -2.16. The lowest BCUT2D eigenvalue weighted by molar-refractivity contribution is 0.0964. The van der Waals surface area contributed by atoms with Crippen LogP contribution in [-0.2, 0) is 6.54 Å². The molecule has 3 aromatic heterocycles. The molecule has 1 aliphatic rings. The molecule has 0 radical (unpaired) electrons. The van der Waals surface area contributed by atoms with Crippen LogP contribution in [0.3, 0.4) is 0 Å². The number of fused-ring (bicyclic) bond motifs is 2. The molecular weight excluding hydrogens is 352 g/mol. The Morgan fingerprint density at radius 1 is 1.32 bits per heavy atom. The number of H-pyrrole nitrogens is 1. The van der Waals surface area contributed by atoms with E-state index < -0.39 is 0 Å². The summed E-state index contributed by atoms with van der Waals surface area (Å²) >= 11 is 0. The summed E-state index contributed by atoms with van der Waals surface area (Å²) in [5.74, 6) is 0.208. The highest BCUT2D eigenvalue weighted by Crippen LogP contribution is 2.30. The van der Waals surface area contributed by atoms with E-state index in [0.29, 0.717) is 17.1 Å². The molecule has 4 heterocycles. The first-order valence-electron chi connectivity index (χ1n) is 9.56. The van der Waals surface area contributed by atoms with Gasteiger partial charge in [-0.15, -0.1) is 0 Å². The van der Waals surface area contributed by atoms with Crippen LogP contribution in [0.15, 0.2) is 48.9 Å². The van der Waals surface area contributed by atoms with Crippen LogP contribution in [0.1, 0.15) is 34.0 Å². The molecule has 0 bridgehead atoms. The van der Waals surface area contributed by atoms with Crippen molar-refractivity contribution in [2.45, 2.75) is 18.9 Å². The molecule has 1 fully saturated rings. The number of aromatic amines is 1. The molecule has 1 aliphatic heterocycles. The summed E-state index contributed by atoms with van der Waals surface area (Å²) in [5.41, 5.74) is 4.76. The standard InChI is InChI=1S/C21H22N6O/c1-22-21(28)17-11-25-27-19(6-8-23-20(17)27)14-7-9-26(12-14)13-15-10-24-18-5-3-2-4-16(15)18/h2-6,8,10-11,14,24H,7,9,12-13H2,1H3,(H,22,28). The minimum atomic E-state index is -0.160. The van der Waals surface area contributed by atoms with Gasteiger partial charge in [0.15, 0.2) is 5.65 Å². The number of nitrogens with zero attached hydrogens (tertiary/aromatic N) is 4. The third kappa shape index (κ3) is 2.75. The van der Waals surface area contributed by atoms with Crippen LogP contribution < -0.4 is 5.32 Å². The van der Waals surface area contributed by atoms with Gasteiger partial charge < -0.3 is 10.3 Å². The van der Waals surface area contributed by atoms with Crippen molar-refractivity contribution in [1.82, 2.24) is 29.8 Å². The van der Waals surface area contributed by atoms with E-state index >= 15 is 0 Å². The summed E-state index contributed by atoms with van der Waals surface area (Å²) in [6.45, 7) is 2.93. The zero-order chi connectivity index (χ0) is 19.1. The molecule has 7 nitrogen and oxygen atoms in total. The van der Waals surface area contributed by atoms with E-state index in [0.717, 1.165) is 31.7 Å². The van der Waals surface area contributed by atoms with E-state index in [1.807, 2.05) is 10.6 Å². The summed E-state index contributed by atoms with van der Waals surface area (Å²) in [4.78, 5) is 22.3. The fourth-order valence-corrected chi connectivity index (χ4v) is 4.23. The lowest BCUT2D eigenvalue weighted by atomic mass is 10.0. The van der Waals surface area contributed by atoms with E-state index in [4.69, 9.17) is 0 Å². The van der Waals surface area contributed by atoms with Crippen molar-refractivity contribution in [2.75, 3.05) is 20.1 Å². The number of amides is 1. The van der Waals surface area contributed by atoms with Crippen molar-refractivity contribution in [3.05, 3.63) is 65.7 Å². The molecule has 1 unspecified atom stereocenters. The van der Waals surface area contributed by atoms with Crippen molar-refractivity contribution in [2.24, 2.45) is 0 Å². The van der Waals surface area contributed by atoms with Crippen LogP contribution in [0, 0.1) is 0 Å². The van der Waals surface area contributed by atoms with Gasteiger partial charge in [-0.1, -0.05) is 18.2 Å². The van der Waals surface area contributed by atoms with E-state index in [2.05, 4.69) is 55.7 Å². The predicted molar refractivity (Wildman–Crippen MR) is 107 cm³/mol. The average molecular weight is 374 g/mol. The van der Waals surface area contributed by atoms with Gasteiger partial charge in [-0.3, -0.25) is 9.69 Å². The quantitative estimate of drug-likeness (QED) is 0.575. The van der Waals surface area contributed by atoms with Gasteiger partial charge in [0.05, 0.1) is 11.9 Å². The highest BCUT2D eigenvalue weighted by molar-refractivity contribution is 5.99. The van der Waals surface area contributed by atoms with Crippen molar-refractivity contribution >= 4 is 22.5 Å². The molecule has 1 saturated heterocycles. The summed E-state index contributed by atoms with van der Waals surface area (Å²) in [5, 5.41) is 8.39. The first kappa shape index (κ1) is 16.9. The van der Waals surface area contributed by atoms with Gasteiger partial charge in [-0.2, -0.15) is 5.10 Å². The number of nitrogens with one attached hydrogen (secondary N) is 2. The van der Waals surface area contributed by atoms with Crippen molar-refractivity contribution in [3.63, 3.8) is 0 Å². The van der Waals surface area contributed by atoms with Crippen molar-refractivity contribution in [1.29, 1.82) is 0 Å². The Labute approximate surface area is 162 Å². The monoisotopic (exact) mass is 374 g/mol. The number of carbonyl (C=O) groups excluding carboxylic acids is 1. The molecular formula is C21H22N6O. The Morgan fingerprint density at radius 3 is 3.11 bits per heavy atom. The SMILES string of the molecule is CNC(=O)c1cnn2c(C3CCN(Cc4c[nH]c5ccccc45)C3)ccnc12. The van der Waals surface area contributed by atoms with Crippen molar-refractivity contribution in [3.8, 4) is 0 Å². The molecule has 1 atom stereocenters. The number of hydrogen-bond acceptors (Lipinski definition) is 4. The number of likely N-dealkylation sites (tertiary alicyclic amines) is 1. The zero-order valence-corrected chi connectivity index (χ0v) is 15.7. The molecule has 1 amide bonds. The second-order valence-corrected chi connectivity index (χ2v) is 7.32. The first-order valence-corrected chi connectivity index (χ1v) is 9.56. The number of aromatic nitrogens is 4. The maximum absolute atomic E-state index is 12.0. The topological polar surface area (TPSA) is 78.3 Å². The highest BCUT2D eigenvalue weighted by Gasteiger charge is 2.27. The first-order chi connectivity index (χ1) is 13.7. The Balaban J connectivity index is 1.39. The number of hydrogen-bond donors (Lipinski definition) is 2. The second-order valence-electron chi connectivity index (χ2n) is 7.32. The van der Waals surface area contributed by atoms with Crippen LogP contribution in [0.25, 0.3) is 16.6 Å². The number of benzene rings is 1. The van der Waals surface area contributed by atoms with Crippen LogP contribution in [0.2, 0.25) is 0 Å². The highest BCUT2D eigenvalue weighted by atomic mass is 16.1. The maximum atomic E-state index is 12.0. The van der Waals surface area contributed by atoms with Crippen LogP contribution in [0.5, 0.6) is 0 Å². The molecule has 0 saturated carbocycles. The van der Waals surface area contributed by atoms with Crippen LogP contribution in [0.4, 0.5) is 0 Å². The Hall–Kier alpha value is -3.19. The number of carbonyl (C=O) groups is 1. The molecule has 1 aromatic carbocycles. The van der Waals surface area contributed by atoms with E-state index in [9.17, 15) is 4.79 Å². The van der Waals surface area contributed by atoms with Crippen molar-refractivity contribution < 1.29 is 4.79 Å². The lowest BCUT2D eigenvalue weighted by Crippen LogP contribution is -2.20. The molecule has 7 heteroatoms. The van der Waals surface area contributed by atoms with Gasteiger partial charge in [0.1, 0.15) is 5.56 Å². The van der Waals surface area contributed by atoms with E-state index in [1.165, 1.54) is 16.5 Å². The van der Waals surface area contributed by atoms with Gasteiger partial charge >= 0.3 is 0 Å². The normalized spacial score (nSPS) is 17.5. The van der Waals surface area contributed by atoms with Crippen LogP contribution in [-0.4, -0.2) is 50.5 Å². The maximum Gasteiger partial charge on any atom is 0.256 e. The fraction of sp³-hybridized carbons (Fsp3) is 0.286. The van der Waals surface area contributed by atoms with Crippen LogP contribution >= 0.6 is 0 Å². The molecule has 0 aliphatic carbocycles. The summed E-state index contributed by atoms with van der Waals surface area (Å²) in [6.07, 6.45) is 6.56. The molecule has 28 heavy (non-hydrogen) atoms. The Bertz CT molecular complexity index is 1160. The minimum Gasteiger partial charge on any atom is -0.361 e. The Kier molecular flexibility index (Phi) is 4.09. The molecule has 5 rings (SSSR count). The summed E-state index contributed by atoms with van der Waals surface area (Å²) in [7, 11) is 1.62. The third-order valence-corrected chi connectivity index (χ3v) is 5.66. The van der Waals surface area contributed by atoms with Gasteiger partial charge in [-0.25, -0.2) is 9.50 Å². The van der Waals surface area contributed by atoms with Gasteiger partial charge in [0.2, 0.25) is 0 Å². The minimum absolute atomic E-state index is 0.160. The largest absolute Gasteiger partial charge is 0.361 e. The molecule has 4 aromatic rings. The zero-order valence-electron chi connectivity index (χ0n) is 15.7. The Morgan fingerprint density at radius 2 is 2.21 bits per heavy atom.